The highest BCUT2D eigenvalue weighted by atomic mass is 32.2. The molecular weight excluding hydrogens is 550 g/mol. The van der Waals surface area contributed by atoms with E-state index in [0.717, 1.165) is 0 Å². The second kappa shape index (κ2) is 16.9. The Kier molecular flexibility index (Phi) is 14.5. The first-order chi connectivity index (χ1) is 18.8. The first-order valence-corrected chi connectivity index (χ1v) is 13.5. The van der Waals surface area contributed by atoms with Crippen LogP contribution in [0, 0.1) is 0 Å². The van der Waals surface area contributed by atoms with E-state index in [1.165, 1.54) is 43.0 Å². The number of rotatable bonds is 17. The molecular formula is C24H35N5O10S. The highest BCUT2D eigenvalue weighted by Gasteiger charge is 2.30. The molecule has 1 aromatic rings. The zero-order chi connectivity index (χ0) is 30.4. The van der Waals surface area contributed by atoms with Gasteiger partial charge in [0.15, 0.2) is 0 Å². The van der Waals surface area contributed by atoms with Crippen LogP contribution in [0.3, 0.4) is 0 Å². The summed E-state index contributed by atoms with van der Waals surface area (Å²) >= 11 is 1.37. The van der Waals surface area contributed by atoms with Crippen molar-refractivity contribution in [3.63, 3.8) is 0 Å². The number of carboxylic acids is 2. The molecule has 0 heterocycles. The number of carbonyl (C=O) groups excluding carboxylic acids is 4. The molecule has 0 saturated heterocycles. The summed E-state index contributed by atoms with van der Waals surface area (Å²) in [6.07, 6.45) is 1.11. The second-order valence-corrected chi connectivity index (χ2v) is 9.78. The van der Waals surface area contributed by atoms with E-state index in [9.17, 15) is 33.9 Å². The molecule has 4 amide bonds. The number of hydrogen-bond donors (Lipinski definition) is 9. The SMILES string of the molecule is CSCC[C@H](NC(=O)[C@H](C)NC(=O)[C@H](Cc1ccc(O)cc1)NC(=O)[C@@H](N)CC(=O)O)C(=O)N[C@@H](CO)C(=O)O. The quantitative estimate of drug-likeness (QED) is 0.0921. The molecule has 0 saturated carbocycles. The van der Waals surface area contributed by atoms with Gasteiger partial charge >= 0.3 is 11.9 Å². The van der Waals surface area contributed by atoms with E-state index in [-0.39, 0.29) is 18.6 Å². The number of nitrogens with two attached hydrogens (primary N) is 1. The maximum absolute atomic E-state index is 13.1. The van der Waals surface area contributed by atoms with Gasteiger partial charge < -0.3 is 47.4 Å². The van der Waals surface area contributed by atoms with Crippen LogP contribution in [0.15, 0.2) is 24.3 Å². The number of aliphatic carboxylic acids is 2. The van der Waals surface area contributed by atoms with Gasteiger partial charge in [-0.2, -0.15) is 11.8 Å². The average Bonchev–Trinajstić information content (AvgIpc) is 2.89. The highest BCUT2D eigenvalue weighted by molar-refractivity contribution is 7.98. The van der Waals surface area contributed by atoms with Gasteiger partial charge in [-0.15, -0.1) is 0 Å². The number of amides is 4. The molecule has 0 aliphatic heterocycles. The molecule has 0 bridgehead atoms. The Morgan fingerprint density at radius 3 is 1.93 bits per heavy atom. The summed E-state index contributed by atoms with van der Waals surface area (Å²) in [5, 5.41) is 46.0. The summed E-state index contributed by atoms with van der Waals surface area (Å²) in [6.45, 7) is 0.459. The van der Waals surface area contributed by atoms with Crippen molar-refractivity contribution in [1.82, 2.24) is 21.3 Å². The summed E-state index contributed by atoms with van der Waals surface area (Å²) in [6, 6.07) is -0.975. The van der Waals surface area contributed by atoms with Gasteiger partial charge in [0.05, 0.1) is 19.1 Å². The van der Waals surface area contributed by atoms with Crippen LogP contribution >= 0.6 is 11.8 Å². The number of thioether (sulfide) groups is 1. The van der Waals surface area contributed by atoms with Gasteiger partial charge in [-0.25, -0.2) is 4.79 Å². The second-order valence-electron chi connectivity index (χ2n) is 8.79. The summed E-state index contributed by atoms with van der Waals surface area (Å²) < 4.78 is 0. The van der Waals surface area contributed by atoms with E-state index in [1.54, 1.807) is 6.26 Å². The molecule has 0 aliphatic rings. The van der Waals surface area contributed by atoms with Gasteiger partial charge in [0.2, 0.25) is 23.6 Å². The molecule has 0 fully saturated rings. The zero-order valence-electron chi connectivity index (χ0n) is 22.0. The third-order valence-electron chi connectivity index (χ3n) is 5.53. The third-order valence-corrected chi connectivity index (χ3v) is 6.18. The van der Waals surface area contributed by atoms with Gasteiger partial charge in [-0.3, -0.25) is 24.0 Å². The van der Waals surface area contributed by atoms with Crippen molar-refractivity contribution in [3.05, 3.63) is 29.8 Å². The molecule has 16 heteroatoms. The van der Waals surface area contributed by atoms with Crippen LogP contribution in [0.4, 0.5) is 0 Å². The first kappa shape index (κ1) is 34.1. The van der Waals surface area contributed by atoms with E-state index < -0.39 is 78.8 Å². The molecule has 1 aromatic carbocycles. The predicted octanol–water partition coefficient (Wildman–Crippen LogP) is -2.47. The van der Waals surface area contributed by atoms with Crippen LogP contribution in [0.1, 0.15) is 25.3 Å². The number of phenolic OH excluding ortho intramolecular Hbond substituents is 1. The number of carboxylic acid groups (broad SMARTS) is 2. The zero-order valence-corrected chi connectivity index (χ0v) is 22.8. The van der Waals surface area contributed by atoms with Gasteiger partial charge in [-0.1, -0.05) is 12.1 Å². The molecule has 222 valence electrons. The first-order valence-electron chi connectivity index (χ1n) is 12.1. The van der Waals surface area contributed by atoms with Crippen LogP contribution in [0.5, 0.6) is 5.75 Å². The number of aliphatic hydroxyl groups excluding tert-OH is 1. The molecule has 40 heavy (non-hydrogen) atoms. The normalized spacial score (nSPS) is 14.5. The molecule has 0 unspecified atom stereocenters. The van der Waals surface area contributed by atoms with Crippen molar-refractivity contribution in [2.24, 2.45) is 5.73 Å². The molecule has 15 nitrogen and oxygen atoms in total. The Hall–Kier alpha value is -3.89. The van der Waals surface area contributed by atoms with E-state index >= 15 is 0 Å². The van der Waals surface area contributed by atoms with E-state index in [4.69, 9.17) is 21.1 Å². The molecule has 0 aliphatic carbocycles. The summed E-state index contributed by atoms with van der Waals surface area (Å²) in [5.74, 6) is -5.75. The Morgan fingerprint density at radius 1 is 0.850 bits per heavy atom. The predicted molar refractivity (Wildman–Crippen MR) is 143 cm³/mol. The molecule has 0 aromatic heterocycles. The van der Waals surface area contributed by atoms with Crippen LogP contribution in [-0.4, -0.2) is 105 Å². The summed E-state index contributed by atoms with van der Waals surface area (Å²) in [4.78, 5) is 73.0. The monoisotopic (exact) mass is 585 g/mol. The van der Waals surface area contributed by atoms with Crippen LogP contribution in [0.2, 0.25) is 0 Å². The minimum atomic E-state index is -1.57. The van der Waals surface area contributed by atoms with Crippen molar-refractivity contribution in [2.75, 3.05) is 18.6 Å². The fourth-order valence-corrected chi connectivity index (χ4v) is 3.75. The van der Waals surface area contributed by atoms with Crippen LogP contribution in [-0.2, 0) is 35.2 Å². The maximum atomic E-state index is 13.1. The standard InChI is InChI=1S/C24H35N5O10S/c1-12(20(34)27-16(7-8-40-2)22(36)29-18(11-30)24(38)39)26-23(37)17(9-13-3-5-14(31)6-4-13)28-21(35)15(25)10-19(32)33/h3-6,12,15-18,30-31H,7-11,25H2,1-2H3,(H,26,37)(H,27,34)(H,28,35)(H,29,36)(H,32,33)(H,38,39)/t12-,15-,16-,17-,18-/m0/s1. The van der Waals surface area contributed by atoms with Gasteiger partial charge in [-0.05, 0) is 43.0 Å². The van der Waals surface area contributed by atoms with E-state index in [0.29, 0.717) is 11.3 Å². The number of aromatic hydroxyl groups is 1. The largest absolute Gasteiger partial charge is 0.508 e. The Bertz CT molecular complexity index is 1050. The fourth-order valence-electron chi connectivity index (χ4n) is 3.28. The van der Waals surface area contributed by atoms with Gasteiger partial charge in [0, 0.05) is 6.42 Å². The van der Waals surface area contributed by atoms with Gasteiger partial charge in [0.25, 0.3) is 0 Å². The maximum Gasteiger partial charge on any atom is 0.328 e. The van der Waals surface area contributed by atoms with Crippen LogP contribution < -0.4 is 27.0 Å². The van der Waals surface area contributed by atoms with Crippen molar-refractivity contribution in [2.45, 2.75) is 56.4 Å². The number of phenols is 1. The minimum Gasteiger partial charge on any atom is -0.508 e. The lowest BCUT2D eigenvalue weighted by molar-refractivity contribution is -0.143. The summed E-state index contributed by atoms with van der Waals surface area (Å²) in [7, 11) is 0. The highest BCUT2D eigenvalue weighted by Crippen LogP contribution is 2.12. The number of benzene rings is 1. The smallest absolute Gasteiger partial charge is 0.328 e. The number of nitrogens with one attached hydrogen (secondary N) is 4. The lowest BCUT2D eigenvalue weighted by atomic mass is 10.0. The number of carbonyl (C=O) groups is 6. The molecule has 0 spiro atoms. The third kappa shape index (κ3) is 11.9. The van der Waals surface area contributed by atoms with Crippen LogP contribution in [0.25, 0.3) is 0 Å². The van der Waals surface area contributed by atoms with E-state index in [2.05, 4.69) is 21.3 Å². The van der Waals surface area contributed by atoms with Crippen molar-refractivity contribution in [1.29, 1.82) is 0 Å². The Morgan fingerprint density at radius 2 is 1.40 bits per heavy atom. The molecule has 10 N–H and O–H groups in total. The molecule has 5 atom stereocenters. The van der Waals surface area contributed by atoms with Crippen molar-refractivity contribution < 1.29 is 49.2 Å². The van der Waals surface area contributed by atoms with E-state index in [1.807, 2.05) is 0 Å². The molecule has 1 rings (SSSR count). The lowest BCUT2D eigenvalue weighted by Gasteiger charge is -2.24. The number of aliphatic hydroxyl groups is 1. The fraction of sp³-hybridized carbons (Fsp3) is 0.500. The number of hydrogen-bond acceptors (Lipinski definition) is 10. The van der Waals surface area contributed by atoms with Crippen molar-refractivity contribution >= 4 is 47.3 Å². The summed E-state index contributed by atoms with van der Waals surface area (Å²) in [5.41, 5.74) is 6.12. The Labute approximate surface area is 234 Å². The minimum absolute atomic E-state index is 0.0312. The Balaban J connectivity index is 3.00. The average molecular weight is 586 g/mol. The van der Waals surface area contributed by atoms with Gasteiger partial charge in [0.1, 0.15) is 29.9 Å². The molecule has 0 radical (unpaired) electrons. The van der Waals surface area contributed by atoms with Crippen molar-refractivity contribution in [3.8, 4) is 5.75 Å². The lowest BCUT2D eigenvalue weighted by Crippen LogP contribution is -2.58. The topological polar surface area (TPSA) is 257 Å².